The molecular weight excluding hydrogens is 258 g/mol. The molecule has 1 aliphatic carbocycles. The first kappa shape index (κ1) is 12.9. The molecule has 20 heavy (non-hydrogen) atoms. The molecule has 0 saturated heterocycles. The van der Waals surface area contributed by atoms with Crippen molar-refractivity contribution in [3.8, 4) is 0 Å². The van der Waals surface area contributed by atoms with Gasteiger partial charge in [-0.15, -0.1) is 0 Å². The van der Waals surface area contributed by atoms with Crippen molar-refractivity contribution in [3.05, 3.63) is 46.3 Å². The normalized spacial score (nSPS) is 16.6. The minimum absolute atomic E-state index is 0.0200. The van der Waals surface area contributed by atoms with Gasteiger partial charge >= 0.3 is 0 Å². The second-order valence-electron chi connectivity index (χ2n) is 5.22. The zero-order valence-electron chi connectivity index (χ0n) is 10.9. The number of nitrogens with one attached hydrogen (secondary N) is 1. The monoisotopic (exact) mass is 273 g/mol. The van der Waals surface area contributed by atoms with Gasteiger partial charge < -0.3 is 14.8 Å². The maximum Gasteiger partial charge on any atom is 0.287 e. The standard InChI is InChI=1S/C15H15NO4/c17-9-15(6-3-7-15)16-14(19)13-8-11(18)10-4-1-2-5-12(10)20-13/h1-2,4-5,8,17H,3,6-7,9H2,(H,16,19). The number of carbonyl (C=O) groups is 1. The summed E-state index contributed by atoms with van der Waals surface area (Å²) in [7, 11) is 0. The summed E-state index contributed by atoms with van der Waals surface area (Å²) in [5.41, 5.74) is -0.415. The van der Waals surface area contributed by atoms with Crippen LogP contribution in [0.1, 0.15) is 29.8 Å². The Morgan fingerprint density at radius 1 is 1.35 bits per heavy atom. The lowest BCUT2D eigenvalue weighted by Crippen LogP contribution is -2.56. The third-order valence-corrected chi connectivity index (χ3v) is 3.85. The van der Waals surface area contributed by atoms with Crippen molar-refractivity contribution in [1.82, 2.24) is 5.32 Å². The van der Waals surface area contributed by atoms with Crippen LogP contribution in [0.4, 0.5) is 0 Å². The quantitative estimate of drug-likeness (QED) is 0.886. The molecule has 0 spiro atoms. The van der Waals surface area contributed by atoms with Gasteiger partial charge in [-0.3, -0.25) is 9.59 Å². The average molecular weight is 273 g/mol. The number of carbonyl (C=O) groups excluding carboxylic acids is 1. The third-order valence-electron chi connectivity index (χ3n) is 3.85. The highest BCUT2D eigenvalue weighted by Gasteiger charge is 2.38. The van der Waals surface area contributed by atoms with Gasteiger partial charge in [0.1, 0.15) is 5.58 Å². The molecule has 0 aliphatic heterocycles. The van der Waals surface area contributed by atoms with E-state index >= 15 is 0 Å². The van der Waals surface area contributed by atoms with Gasteiger partial charge in [0.05, 0.1) is 17.5 Å². The molecule has 1 heterocycles. The molecule has 3 rings (SSSR count). The molecule has 1 aliphatic rings. The van der Waals surface area contributed by atoms with Crippen molar-refractivity contribution in [2.75, 3.05) is 6.61 Å². The van der Waals surface area contributed by atoms with Crippen LogP contribution in [0.2, 0.25) is 0 Å². The van der Waals surface area contributed by atoms with E-state index in [9.17, 15) is 14.7 Å². The fourth-order valence-corrected chi connectivity index (χ4v) is 2.44. The van der Waals surface area contributed by atoms with Gasteiger partial charge in [-0.05, 0) is 31.4 Å². The molecule has 0 unspecified atom stereocenters. The lowest BCUT2D eigenvalue weighted by Gasteiger charge is -2.40. The molecule has 5 heteroatoms. The number of rotatable bonds is 3. The molecule has 2 N–H and O–H groups in total. The van der Waals surface area contributed by atoms with E-state index in [1.54, 1.807) is 24.3 Å². The summed E-state index contributed by atoms with van der Waals surface area (Å²) in [6.07, 6.45) is 2.46. The molecule has 0 bridgehead atoms. The number of hydrogen-bond acceptors (Lipinski definition) is 4. The van der Waals surface area contributed by atoms with Crippen molar-refractivity contribution in [2.24, 2.45) is 0 Å². The van der Waals surface area contributed by atoms with Gasteiger partial charge in [0.25, 0.3) is 5.91 Å². The Hall–Kier alpha value is -2.14. The van der Waals surface area contributed by atoms with Crippen LogP contribution in [-0.2, 0) is 0 Å². The summed E-state index contributed by atoms with van der Waals surface area (Å²) >= 11 is 0. The van der Waals surface area contributed by atoms with Gasteiger partial charge in [0.15, 0.2) is 11.2 Å². The Labute approximate surface area is 115 Å². The van der Waals surface area contributed by atoms with Gasteiger partial charge in [-0.2, -0.15) is 0 Å². The first-order valence-electron chi connectivity index (χ1n) is 6.60. The highest BCUT2D eigenvalue weighted by molar-refractivity contribution is 5.93. The molecule has 1 fully saturated rings. The number of aliphatic hydroxyl groups is 1. The zero-order valence-corrected chi connectivity index (χ0v) is 10.9. The lowest BCUT2D eigenvalue weighted by molar-refractivity contribution is 0.0620. The van der Waals surface area contributed by atoms with E-state index in [0.29, 0.717) is 11.0 Å². The van der Waals surface area contributed by atoms with E-state index in [1.807, 2.05) is 0 Å². The van der Waals surface area contributed by atoms with Gasteiger partial charge in [0, 0.05) is 6.07 Å². The molecular formula is C15H15NO4. The Balaban J connectivity index is 1.94. The van der Waals surface area contributed by atoms with Crippen molar-refractivity contribution in [2.45, 2.75) is 24.8 Å². The van der Waals surface area contributed by atoms with Crippen LogP contribution in [-0.4, -0.2) is 23.2 Å². The van der Waals surface area contributed by atoms with E-state index in [4.69, 9.17) is 4.42 Å². The van der Waals surface area contributed by atoms with E-state index in [1.165, 1.54) is 6.07 Å². The van der Waals surface area contributed by atoms with Crippen LogP contribution < -0.4 is 10.7 Å². The summed E-state index contributed by atoms with van der Waals surface area (Å²) in [6, 6.07) is 7.99. The second kappa shape index (κ2) is 4.76. The molecule has 0 atom stereocenters. The molecule has 1 saturated carbocycles. The minimum Gasteiger partial charge on any atom is -0.451 e. The Morgan fingerprint density at radius 3 is 2.75 bits per heavy atom. The average Bonchev–Trinajstić information content (AvgIpc) is 2.42. The molecule has 104 valence electrons. The van der Waals surface area contributed by atoms with Crippen LogP contribution >= 0.6 is 0 Å². The maximum absolute atomic E-state index is 12.2. The Bertz CT molecular complexity index is 710. The topological polar surface area (TPSA) is 79.5 Å². The largest absolute Gasteiger partial charge is 0.451 e. The fourth-order valence-electron chi connectivity index (χ4n) is 2.44. The van der Waals surface area contributed by atoms with Crippen LogP contribution in [0.15, 0.2) is 39.5 Å². The zero-order chi connectivity index (χ0) is 14.2. The number of benzene rings is 1. The first-order valence-corrected chi connectivity index (χ1v) is 6.60. The highest BCUT2D eigenvalue weighted by Crippen LogP contribution is 2.31. The predicted molar refractivity (Wildman–Crippen MR) is 73.6 cm³/mol. The number of amides is 1. The molecule has 1 aromatic heterocycles. The van der Waals surface area contributed by atoms with E-state index in [2.05, 4.69) is 5.32 Å². The third kappa shape index (κ3) is 2.10. The molecule has 1 aromatic carbocycles. The smallest absolute Gasteiger partial charge is 0.287 e. The summed E-state index contributed by atoms with van der Waals surface area (Å²) in [5.74, 6) is -0.477. The molecule has 2 aromatic rings. The highest BCUT2D eigenvalue weighted by atomic mass is 16.3. The van der Waals surface area contributed by atoms with Crippen LogP contribution in [0.5, 0.6) is 0 Å². The van der Waals surface area contributed by atoms with Crippen molar-refractivity contribution in [3.63, 3.8) is 0 Å². The van der Waals surface area contributed by atoms with E-state index < -0.39 is 11.4 Å². The summed E-state index contributed by atoms with van der Waals surface area (Å²) in [4.78, 5) is 24.1. The number of hydrogen-bond donors (Lipinski definition) is 2. The van der Waals surface area contributed by atoms with Crippen LogP contribution in [0, 0.1) is 0 Å². The summed E-state index contributed by atoms with van der Waals surface area (Å²) in [5, 5.41) is 12.6. The molecule has 0 radical (unpaired) electrons. The van der Waals surface area contributed by atoms with Crippen molar-refractivity contribution < 1.29 is 14.3 Å². The fraction of sp³-hybridized carbons (Fsp3) is 0.333. The van der Waals surface area contributed by atoms with Crippen LogP contribution in [0.3, 0.4) is 0 Å². The van der Waals surface area contributed by atoms with Gasteiger partial charge in [0.2, 0.25) is 0 Å². The number of para-hydroxylation sites is 1. The lowest BCUT2D eigenvalue weighted by atomic mass is 9.77. The predicted octanol–water partition coefficient (Wildman–Crippen LogP) is 1.44. The first-order chi connectivity index (χ1) is 9.63. The van der Waals surface area contributed by atoms with E-state index in [-0.39, 0.29) is 17.8 Å². The summed E-state index contributed by atoms with van der Waals surface area (Å²) < 4.78 is 5.47. The SMILES string of the molecule is O=C(NC1(CO)CCC1)c1cc(=O)c2ccccc2o1. The number of fused-ring (bicyclic) bond motifs is 1. The Morgan fingerprint density at radius 2 is 2.10 bits per heavy atom. The van der Waals surface area contributed by atoms with Crippen molar-refractivity contribution >= 4 is 16.9 Å². The van der Waals surface area contributed by atoms with Gasteiger partial charge in [-0.1, -0.05) is 12.1 Å². The van der Waals surface area contributed by atoms with Gasteiger partial charge in [-0.25, -0.2) is 0 Å². The molecule has 5 nitrogen and oxygen atoms in total. The maximum atomic E-state index is 12.2. The minimum atomic E-state index is -0.554. The van der Waals surface area contributed by atoms with Crippen molar-refractivity contribution in [1.29, 1.82) is 0 Å². The number of aliphatic hydroxyl groups excluding tert-OH is 1. The second-order valence-corrected chi connectivity index (χ2v) is 5.22. The van der Waals surface area contributed by atoms with E-state index in [0.717, 1.165) is 19.3 Å². The Kier molecular flexibility index (Phi) is 3.06. The summed E-state index contributed by atoms with van der Waals surface area (Å²) in [6.45, 7) is -0.101. The molecule has 1 amide bonds. The van der Waals surface area contributed by atoms with Crippen LogP contribution in [0.25, 0.3) is 11.0 Å².